The summed E-state index contributed by atoms with van der Waals surface area (Å²) in [4.78, 5) is 23.1. The number of carbonyl (C=O) groups is 1. The number of nitro groups is 1. The number of carbonyl (C=O) groups excluding carboxylic acids is 1. The van der Waals surface area contributed by atoms with Crippen LogP contribution in [0, 0.1) is 25.7 Å². The molecule has 1 aromatic carbocycles. The summed E-state index contributed by atoms with van der Waals surface area (Å²) in [5.74, 6) is -1.85. The first-order chi connectivity index (χ1) is 13.6. The number of allylic oxidation sites excluding steroid dienone is 2. The predicted octanol–water partition coefficient (Wildman–Crippen LogP) is 1.15. The number of Topliss-reactive ketones (excluding diaryl/α,β-unsaturated/α-hetero) is 1. The van der Waals surface area contributed by atoms with Gasteiger partial charge in [0.05, 0.1) is 28.7 Å². The topological polar surface area (TPSA) is 162 Å². The van der Waals surface area contributed by atoms with Crippen molar-refractivity contribution in [3.63, 3.8) is 0 Å². The number of ketones is 1. The molecular formula is C16H13ClN4O7S. The molecule has 2 atom stereocenters. The molecular weight excluding hydrogens is 428 g/mol. The molecule has 11 nitrogen and oxygen atoms in total. The van der Waals surface area contributed by atoms with E-state index in [9.17, 15) is 30.5 Å². The van der Waals surface area contributed by atoms with Crippen molar-refractivity contribution in [2.24, 2.45) is 0 Å². The molecule has 0 spiro atoms. The fourth-order valence-corrected chi connectivity index (χ4v) is 4.66. The molecule has 0 radical (unpaired) electrons. The highest BCUT2D eigenvalue weighted by molar-refractivity contribution is 7.96. The van der Waals surface area contributed by atoms with Crippen molar-refractivity contribution in [2.75, 3.05) is 12.5 Å². The first-order valence-electron chi connectivity index (χ1n) is 7.97. The number of hydrogen-bond acceptors (Lipinski definition) is 8. The lowest BCUT2D eigenvalue weighted by molar-refractivity contribution is -0.808. The van der Waals surface area contributed by atoms with Gasteiger partial charge >= 0.3 is 5.69 Å². The number of aromatic nitrogens is 2. The normalized spacial score (nSPS) is 16.9. The molecule has 0 N–H and O–H groups in total. The van der Waals surface area contributed by atoms with Crippen molar-refractivity contribution < 1.29 is 24.2 Å². The Morgan fingerprint density at radius 3 is 2.41 bits per heavy atom. The standard InChI is InChI=1S/C16H13ClN4O7S/c1-29(2)16(15(22)8-3-5-9(17)6-4-8)12-10(19(23)24)7-11(20(25)26)13-14(12)21(27)28-18-13/h3-7,12,16H,1-2H3. The van der Waals surface area contributed by atoms with Crippen LogP contribution in [0.4, 0.5) is 0 Å². The monoisotopic (exact) mass is 440 g/mol. The predicted molar refractivity (Wildman–Crippen MR) is 103 cm³/mol. The third-order valence-corrected chi connectivity index (χ3v) is 6.15. The first kappa shape index (κ1) is 20.6. The number of benzene rings is 1. The van der Waals surface area contributed by atoms with E-state index >= 15 is 0 Å². The summed E-state index contributed by atoms with van der Waals surface area (Å²) < 4.78 is 4.49. The quantitative estimate of drug-likeness (QED) is 0.219. The third-order valence-electron chi connectivity index (χ3n) is 4.39. The molecule has 0 bridgehead atoms. The highest BCUT2D eigenvalue weighted by Crippen LogP contribution is 2.37. The van der Waals surface area contributed by atoms with E-state index in [4.69, 9.17) is 11.6 Å². The SMILES string of the molecule is C[S+](C)C(C(=O)c1ccc(Cl)cc1)C1C([N+](=O)[O-])=CC(=[N+]([O-])[O-])c2no[n+]([O-])c21. The molecule has 13 heteroatoms. The summed E-state index contributed by atoms with van der Waals surface area (Å²) >= 11 is 5.85. The number of fused-ring (bicyclic) bond motifs is 1. The zero-order valence-corrected chi connectivity index (χ0v) is 16.5. The maximum absolute atomic E-state index is 13.2. The Hall–Kier alpha value is -3.12. The van der Waals surface area contributed by atoms with Gasteiger partial charge in [-0.25, -0.2) is 0 Å². The van der Waals surface area contributed by atoms with E-state index in [1.165, 1.54) is 24.3 Å². The van der Waals surface area contributed by atoms with E-state index in [-0.39, 0.29) is 10.5 Å². The van der Waals surface area contributed by atoms with Crippen molar-refractivity contribution in [1.29, 1.82) is 0 Å². The van der Waals surface area contributed by atoms with Gasteiger partial charge in [0.2, 0.25) is 16.7 Å². The van der Waals surface area contributed by atoms with Crippen LogP contribution < -0.4 is 4.90 Å². The smallest absolute Gasteiger partial charge is 0.318 e. The summed E-state index contributed by atoms with van der Waals surface area (Å²) in [6.45, 7) is 0. The molecule has 29 heavy (non-hydrogen) atoms. The van der Waals surface area contributed by atoms with Crippen LogP contribution in [0.3, 0.4) is 0 Å². The molecule has 2 aromatic rings. The summed E-state index contributed by atoms with van der Waals surface area (Å²) in [6.07, 6.45) is 4.10. The molecule has 1 aliphatic rings. The average molecular weight is 441 g/mol. The molecule has 152 valence electrons. The van der Waals surface area contributed by atoms with Gasteiger partial charge in [-0.1, -0.05) is 11.6 Å². The summed E-state index contributed by atoms with van der Waals surface area (Å²) in [5.41, 5.74) is -2.02. The molecule has 0 amide bonds. The number of nitrogens with zero attached hydrogens (tertiary/aromatic N) is 4. The van der Waals surface area contributed by atoms with Gasteiger partial charge in [0.15, 0.2) is 5.92 Å². The van der Waals surface area contributed by atoms with Crippen molar-refractivity contribution >= 4 is 34.0 Å². The summed E-state index contributed by atoms with van der Waals surface area (Å²) in [5, 5.41) is 49.3. The Labute approximate surface area is 171 Å². The Kier molecular flexibility index (Phi) is 5.48. The molecule has 0 saturated heterocycles. The minimum Gasteiger partial charge on any atom is -0.612 e. The Morgan fingerprint density at radius 2 is 1.90 bits per heavy atom. The van der Waals surface area contributed by atoms with Gasteiger partial charge in [-0.2, -0.15) is 4.90 Å². The molecule has 1 aliphatic carbocycles. The third kappa shape index (κ3) is 3.63. The lowest BCUT2D eigenvalue weighted by Crippen LogP contribution is -2.45. The van der Waals surface area contributed by atoms with E-state index in [0.29, 0.717) is 5.02 Å². The van der Waals surface area contributed by atoms with Gasteiger partial charge in [-0.05, 0) is 40.1 Å². The lowest BCUT2D eigenvalue weighted by atomic mass is 9.86. The fraction of sp³-hybridized carbons (Fsp3) is 0.250. The fourth-order valence-electron chi connectivity index (χ4n) is 3.15. The highest BCUT2D eigenvalue weighted by Gasteiger charge is 2.56. The number of halogens is 1. The van der Waals surface area contributed by atoms with E-state index in [1.807, 2.05) is 0 Å². The molecule has 1 heterocycles. The van der Waals surface area contributed by atoms with Crippen LogP contribution in [-0.4, -0.2) is 44.2 Å². The van der Waals surface area contributed by atoms with Gasteiger partial charge < -0.3 is 15.6 Å². The molecule has 0 fully saturated rings. The van der Waals surface area contributed by atoms with Crippen LogP contribution >= 0.6 is 11.6 Å². The molecule has 3 rings (SSSR count). The minimum absolute atomic E-state index is 0.116. The Bertz CT molecular complexity index is 1040. The van der Waals surface area contributed by atoms with E-state index in [1.54, 1.807) is 12.5 Å². The molecule has 0 aliphatic heterocycles. The van der Waals surface area contributed by atoms with Gasteiger partial charge in [0.25, 0.3) is 11.4 Å². The van der Waals surface area contributed by atoms with Crippen molar-refractivity contribution in [3.8, 4) is 0 Å². The zero-order chi connectivity index (χ0) is 21.5. The Balaban J connectivity index is 2.23. The van der Waals surface area contributed by atoms with E-state index in [2.05, 4.69) is 9.79 Å². The highest BCUT2D eigenvalue weighted by atomic mass is 35.5. The lowest BCUT2D eigenvalue weighted by Gasteiger charge is -2.22. The van der Waals surface area contributed by atoms with Crippen molar-refractivity contribution in [1.82, 2.24) is 5.16 Å². The van der Waals surface area contributed by atoms with Crippen LogP contribution in [0.25, 0.3) is 0 Å². The Morgan fingerprint density at radius 1 is 1.28 bits per heavy atom. The zero-order valence-electron chi connectivity index (χ0n) is 15.0. The maximum atomic E-state index is 13.2. The summed E-state index contributed by atoms with van der Waals surface area (Å²) in [7, 11) is -0.774. The van der Waals surface area contributed by atoms with Crippen LogP contribution in [0.1, 0.15) is 27.7 Å². The average Bonchev–Trinajstić information content (AvgIpc) is 3.03. The van der Waals surface area contributed by atoms with E-state index in [0.717, 1.165) is 6.08 Å². The van der Waals surface area contributed by atoms with Crippen LogP contribution in [-0.2, 0) is 10.9 Å². The van der Waals surface area contributed by atoms with Gasteiger partial charge in [0, 0.05) is 10.6 Å². The second kappa shape index (κ2) is 7.72. The maximum Gasteiger partial charge on any atom is 0.318 e. The van der Waals surface area contributed by atoms with E-state index < -0.39 is 60.5 Å². The molecule has 1 aromatic heterocycles. The van der Waals surface area contributed by atoms with Crippen molar-refractivity contribution in [3.05, 3.63) is 83.7 Å². The van der Waals surface area contributed by atoms with Crippen LogP contribution in [0.2, 0.25) is 5.02 Å². The minimum atomic E-state index is -1.38. The van der Waals surface area contributed by atoms with Gasteiger partial charge in [-0.3, -0.25) is 19.5 Å². The first-order valence-corrected chi connectivity index (χ1v) is 10.4. The second-order valence-electron chi connectivity index (χ2n) is 6.28. The number of rotatable bonds is 5. The van der Waals surface area contributed by atoms with Gasteiger partial charge in [0.1, 0.15) is 0 Å². The van der Waals surface area contributed by atoms with Crippen LogP contribution in [0.15, 0.2) is 40.7 Å². The van der Waals surface area contributed by atoms with Gasteiger partial charge in [-0.15, -0.1) is 0 Å². The number of hydrogen-bond donors (Lipinski definition) is 0. The summed E-state index contributed by atoms with van der Waals surface area (Å²) in [6, 6.07) is 5.93. The van der Waals surface area contributed by atoms with Crippen LogP contribution in [0.5, 0.6) is 0 Å². The second-order valence-corrected chi connectivity index (χ2v) is 8.99. The largest absolute Gasteiger partial charge is 0.612 e. The molecule has 2 unspecified atom stereocenters. The molecule has 0 saturated carbocycles. The van der Waals surface area contributed by atoms with Crippen molar-refractivity contribution in [2.45, 2.75) is 11.2 Å².